The number of aliphatic hydroxyl groups is 1. The first-order valence-electron chi connectivity index (χ1n) is 6.48. The highest BCUT2D eigenvalue weighted by Crippen LogP contribution is 2.26. The molecule has 0 spiro atoms. The van der Waals surface area contributed by atoms with E-state index in [0.717, 1.165) is 18.8 Å². The van der Waals surface area contributed by atoms with Crippen LogP contribution in [-0.2, 0) is 0 Å². The minimum atomic E-state index is 0.135. The van der Waals surface area contributed by atoms with E-state index in [0.29, 0.717) is 12.6 Å². The second kappa shape index (κ2) is 5.86. The molecule has 90 valence electrons. The van der Waals surface area contributed by atoms with Crippen LogP contribution in [0.4, 0.5) is 0 Å². The largest absolute Gasteiger partial charge is 0.396 e. The second-order valence-corrected chi connectivity index (χ2v) is 5.50. The molecule has 0 aromatic carbocycles. The minimum Gasteiger partial charge on any atom is -0.396 e. The van der Waals surface area contributed by atoms with Crippen molar-refractivity contribution in [2.75, 3.05) is 6.61 Å². The molecule has 2 nitrogen and oxygen atoms in total. The minimum absolute atomic E-state index is 0.135. The summed E-state index contributed by atoms with van der Waals surface area (Å²) in [5.74, 6) is 0.867. The Balaban J connectivity index is 2.43. The van der Waals surface area contributed by atoms with Gasteiger partial charge in [-0.05, 0) is 38.5 Å². The van der Waals surface area contributed by atoms with Crippen LogP contribution in [0.25, 0.3) is 0 Å². The van der Waals surface area contributed by atoms with Gasteiger partial charge in [0.05, 0.1) is 0 Å². The average Bonchev–Trinajstić information content (AvgIpc) is 2.18. The second-order valence-electron chi connectivity index (χ2n) is 5.50. The topological polar surface area (TPSA) is 32.3 Å². The van der Waals surface area contributed by atoms with Gasteiger partial charge in [-0.1, -0.05) is 26.7 Å². The Labute approximate surface area is 94.5 Å². The molecule has 3 atom stereocenters. The summed E-state index contributed by atoms with van der Waals surface area (Å²) in [7, 11) is 0. The molecule has 1 fully saturated rings. The van der Waals surface area contributed by atoms with Gasteiger partial charge < -0.3 is 10.4 Å². The predicted octanol–water partition coefficient (Wildman–Crippen LogP) is 2.71. The fraction of sp³-hybridized carbons (Fsp3) is 1.00. The van der Waals surface area contributed by atoms with Crippen LogP contribution in [0.5, 0.6) is 0 Å². The Kier molecular flexibility index (Phi) is 5.07. The Bertz CT molecular complexity index is 183. The van der Waals surface area contributed by atoms with Gasteiger partial charge in [0.1, 0.15) is 0 Å². The summed E-state index contributed by atoms with van der Waals surface area (Å²) >= 11 is 0. The van der Waals surface area contributed by atoms with Crippen LogP contribution in [0.15, 0.2) is 0 Å². The number of hydrogen-bond donors (Lipinski definition) is 2. The lowest BCUT2D eigenvalue weighted by atomic mass is 9.84. The number of aliphatic hydroxyl groups excluding tert-OH is 1. The molecule has 3 unspecified atom stereocenters. The molecule has 0 aliphatic heterocycles. The van der Waals surface area contributed by atoms with Crippen molar-refractivity contribution in [2.24, 2.45) is 5.92 Å². The maximum Gasteiger partial charge on any atom is 0.0448 e. The van der Waals surface area contributed by atoms with E-state index in [4.69, 9.17) is 5.11 Å². The lowest BCUT2D eigenvalue weighted by Gasteiger charge is -2.37. The van der Waals surface area contributed by atoms with Crippen LogP contribution < -0.4 is 5.32 Å². The summed E-state index contributed by atoms with van der Waals surface area (Å²) in [6.45, 7) is 7.08. The molecule has 1 aliphatic rings. The van der Waals surface area contributed by atoms with Gasteiger partial charge in [-0.3, -0.25) is 0 Å². The quantitative estimate of drug-likeness (QED) is 0.736. The average molecular weight is 213 g/mol. The number of rotatable bonds is 5. The van der Waals surface area contributed by atoms with Crippen molar-refractivity contribution in [2.45, 2.75) is 70.9 Å². The normalized spacial score (nSPS) is 31.2. The van der Waals surface area contributed by atoms with Crippen molar-refractivity contribution in [1.82, 2.24) is 5.32 Å². The molecule has 15 heavy (non-hydrogen) atoms. The third kappa shape index (κ3) is 4.12. The van der Waals surface area contributed by atoms with Crippen LogP contribution in [0.2, 0.25) is 0 Å². The first-order valence-corrected chi connectivity index (χ1v) is 6.48. The summed E-state index contributed by atoms with van der Waals surface area (Å²) in [6.07, 6.45) is 7.33. The highest BCUT2D eigenvalue weighted by molar-refractivity contribution is 4.87. The van der Waals surface area contributed by atoms with Crippen molar-refractivity contribution in [3.05, 3.63) is 0 Å². The number of nitrogens with one attached hydrogen (secondary N) is 1. The monoisotopic (exact) mass is 213 g/mol. The fourth-order valence-corrected chi connectivity index (χ4v) is 2.66. The van der Waals surface area contributed by atoms with Gasteiger partial charge in [0, 0.05) is 18.2 Å². The third-order valence-electron chi connectivity index (χ3n) is 3.93. The molecule has 1 aliphatic carbocycles. The molecule has 1 rings (SSSR count). The van der Waals surface area contributed by atoms with Crippen molar-refractivity contribution in [3.8, 4) is 0 Å². The van der Waals surface area contributed by atoms with Gasteiger partial charge in [0.15, 0.2) is 0 Å². The molecule has 0 saturated heterocycles. The molecule has 0 aromatic rings. The lowest BCUT2D eigenvalue weighted by Crippen LogP contribution is -2.49. The van der Waals surface area contributed by atoms with E-state index < -0.39 is 0 Å². The van der Waals surface area contributed by atoms with E-state index in [9.17, 15) is 0 Å². The first-order chi connectivity index (χ1) is 7.09. The SMILES string of the molecule is CCC(C)(CCO)NC1CCCC(C)C1. The summed E-state index contributed by atoms with van der Waals surface area (Å²) in [5.41, 5.74) is 0.135. The van der Waals surface area contributed by atoms with Gasteiger partial charge in [-0.2, -0.15) is 0 Å². The molecule has 0 amide bonds. The molecule has 0 heterocycles. The van der Waals surface area contributed by atoms with Gasteiger partial charge in [0.25, 0.3) is 0 Å². The predicted molar refractivity (Wildman–Crippen MR) is 65.0 cm³/mol. The molecular weight excluding hydrogens is 186 g/mol. The van der Waals surface area contributed by atoms with E-state index in [1.165, 1.54) is 25.7 Å². The van der Waals surface area contributed by atoms with Crippen molar-refractivity contribution < 1.29 is 5.11 Å². The fourth-order valence-electron chi connectivity index (χ4n) is 2.66. The highest BCUT2D eigenvalue weighted by Gasteiger charge is 2.27. The summed E-state index contributed by atoms with van der Waals surface area (Å²) in [6, 6.07) is 0.672. The molecular formula is C13H27NO. The van der Waals surface area contributed by atoms with Gasteiger partial charge >= 0.3 is 0 Å². The van der Waals surface area contributed by atoms with E-state index >= 15 is 0 Å². The van der Waals surface area contributed by atoms with Crippen LogP contribution >= 0.6 is 0 Å². The zero-order chi connectivity index (χ0) is 11.3. The van der Waals surface area contributed by atoms with Crippen LogP contribution in [0.3, 0.4) is 0 Å². The molecule has 2 N–H and O–H groups in total. The third-order valence-corrected chi connectivity index (χ3v) is 3.93. The molecule has 1 saturated carbocycles. The molecule has 2 heteroatoms. The lowest BCUT2D eigenvalue weighted by molar-refractivity contribution is 0.178. The van der Waals surface area contributed by atoms with Crippen molar-refractivity contribution in [3.63, 3.8) is 0 Å². The highest BCUT2D eigenvalue weighted by atomic mass is 16.3. The Morgan fingerprint density at radius 2 is 2.13 bits per heavy atom. The summed E-state index contributed by atoms with van der Waals surface area (Å²) in [4.78, 5) is 0. The van der Waals surface area contributed by atoms with E-state index in [-0.39, 0.29) is 5.54 Å². The summed E-state index contributed by atoms with van der Waals surface area (Å²) < 4.78 is 0. The van der Waals surface area contributed by atoms with Crippen molar-refractivity contribution >= 4 is 0 Å². The maximum atomic E-state index is 9.07. The molecule has 0 bridgehead atoms. The van der Waals surface area contributed by atoms with E-state index in [1.54, 1.807) is 0 Å². The number of hydrogen-bond acceptors (Lipinski definition) is 2. The van der Waals surface area contributed by atoms with Gasteiger partial charge in [0.2, 0.25) is 0 Å². The van der Waals surface area contributed by atoms with E-state index in [2.05, 4.69) is 26.1 Å². The Morgan fingerprint density at radius 1 is 1.40 bits per heavy atom. The van der Waals surface area contributed by atoms with Crippen LogP contribution in [0.1, 0.15) is 59.3 Å². The van der Waals surface area contributed by atoms with Crippen LogP contribution in [0, 0.1) is 5.92 Å². The first kappa shape index (κ1) is 13.0. The Morgan fingerprint density at radius 3 is 2.67 bits per heavy atom. The Hall–Kier alpha value is -0.0800. The zero-order valence-corrected chi connectivity index (χ0v) is 10.6. The van der Waals surface area contributed by atoms with Crippen molar-refractivity contribution in [1.29, 1.82) is 0 Å². The standard InChI is InChI=1S/C13H27NO/c1-4-13(3,8-9-15)14-12-7-5-6-11(2)10-12/h11-12,14-15H,4-10H2,1-3H3. The van der Waals surface area contributed by atoms with Crippen LogP contribution in [-0.4, -0.2) is 23.3 Å². The summed E-state index contributed by atoms with van der Waals surface area (Å²) in [5, 5.41) is 12.8. The van der Waals surface area contributed by atoms with Gasteiger partial charge in [-0.25, -0.2) is 0 Å². The van der Waals surface area contributed by atoms with E-state index in [1.807, 2.05) is 0 Å². The zero-order valence-electron chi connectivity index (χ0n) is 10.6. The smallest absolute Gasteiger partial charge is 0.0448 e. The molecule has 0 radical (unpaired) electrons. The molecule has 0 aromatic heterocycles. The van der Waals surface area contributed by atoms with Gasteiger partial charge in [-0.15, -0.1) is 0 Å². The maximum absolute atomic E-state index is 9.07.